The molecule has 0 saturated carbocycles. The predicted molar refractivity (Wildman–Crippen MR) is 70.8 cm³/mol. The molecule has 0 spiro atoms. The largest absolute Gasteiger partial charge is 0.398 e. The second-order valence-electron chi connectivity index (χ2n) is 4.11. The highest BCUT2D eigenvalue weighted by atomic mass is 32.2. The van der Waals surface area contributed by atoms with Gasteiger partial charge in [0.25, 0.3) is 0 Å². The first-order chi connectivity index (χ1) is 8.99. The average molecular weight is 281 g/mol. The van der Waals surface area contributed by atoms with E-state index in [1.165, 1.54) is 12.3 Å². The molecule has 0 aliphatic carbocycles. The van der Waals surface area contributed by atoms with E-state index >= 15 is 0 Å². The van der Waals surface area contributed by atoms with Crippen LogP contribution in [0.5, 0.6) is 0 Å². The van der Waals surface area contributed by atoms with Crippen molar-refractivity contribution in [1.82, 2.24) is 19.7 Å². The van der Waals surface area contributed by atoms with Crippen molar-refractivity contribution < 1.29 is 8.42 Å². The first-order valence-electron chi connectivity index (χ1n) is 5.69. The zero-order chi connectivity index (χ0) is 13.9. The maximum atomic E-state index is 12.1. The molecule has 0 aliphatic rings. The number of hydrogen-bond acceptors (Lipinski definition) is 5. The third-order valence-electron chi connectivity index (χ3n) is 2.56. The quantitative estimate of drug-likeness (QED) is 0.759. The van der Waals surface area contributed by atoms with Crippen LogP contribution in [0.15, 0.2) is 35.5 Å². The molecule has 0 fully saturated rings. The van der Waals surface area contributed by atoms with Crippen molar-refractivity contribution in [3.63, 3.8) is 0 Å². The average Bonchev–Trinajstić information content (AvgIpc) is 2.81. The Bertz CT molecular complexity index is 652. The molecule has 1 heterocycles. The molecule has 1 aromatic carbocycles. The molecular formula is C11H15N5O2S. The Hall–Kier alpha value is -1.93. The Balaban J connectivity index is 2.05. The van der Waals surface area contributed by atoms with Crippen LogP contribution < -0.4 is 10.5 Å². The predicted octanol–water partition coefficient (Wildman–Crippen LogP) is 0.147. The van der Waals surface area contributed by atoms with Gasteiger partial charge in [-0.1, -0.05) is 11.3 Å². The minimum atomic E-state index is -3.60. The van der Waals surface area contributed by atoms with Crippen LogP contribution in [0.2, 0.25) is 0 Å². The lowest BCUT2D eigenvalue weighted by Gasteiger charge is -2.09. The fraction of sp³-hybridized carbons (Fsp3) is 0.273. The second-order valence-corrected chi connectivity index (χ2v) is 5.84. The van der Waals surface area contributed by atoms with E-state index in [-0.39, 0.29) is 17.1 Å². The standard InChI is InChI=1S/C11H15N5O2S/c1-9-2-3-11(10(12)8-9)19(17,18)14-5-7-16-6-4-13-15-16/h2-4,6,8,14H,5,7,12H2,1H3. The van der Waals surface area contributed by atoms with Gasteiger partial charge in [-0.3, -0.25) is 4.68 Å². The molecule has 19 heavy (non-hydrogen) atoms. The highest BCUT2D eigenvalue weighted by molar-refractivity contribution is 7.89. The number of aryl methyl sites for hydroxylation is 1. The number of nitrogen functional groups attached to an aromatic ring is 1. The van der Waals surface area contributed by atoms with E-state index in [1.807, 2.05) is 6.92 Å². The molecule has 8 heteroatoms. The molecule has 0 bridgehead atoms. The van der Waals surface area contributed by atoms with Crippen molar-refractivity contribution >= 4 is 15.7 Å². The smallest absolute Gasteiger partial charge is 0.242 e. The van der Waals surface area contributed by atoms with Crippen LogP contribution >= 0.6 is 0 Å². The number of aromatic nitrogens is 3. The maximum Gasteiger partial charge on any atom is 0.242 e. The molecule has 0 atom stereocenters. The van der Waals surface area contributed by atoms with Gasteiger partial charge >= 0.3 is 0 Å². The number of nitrogens with one attached hydrogen (secondary N) is 1. The molecule has 1 aromatic heterocycles. The van der Waals surface area contributed by atoms with Crippen molar-refractivity contribution in [1.29, 1.82) is 0 Å². The van der Waals surface area contributed by atoms with Crippen LogP contribution in [-0.2, 0) is 16.6 Å². The van der Waals surface area contributed by atoms with Gasteiger partial charge in [0.05, 0.1) is 18.4 Å². The number of nitrogens with two attached hydrogens (primary N) is 1. The Morgan fingerprint density at radius 3 is 2.84 bits per heavy atom. The van der Waals surface area contributed by atoms with E-state index in [0.717, 1.165) is 5.56 Å². The van der Waals surface area contributed by atoms with E-state index < -0.39 is 10.0 Å². The summed E-state index contributed by atoms with van der Waals surface area (Å²) >= 11 is 0. The summed E-state index contributed by atoms with van der Waals surface area (Å²) in [6.45, 7) is 2.48. The van der Waals surface area contributed by atoms with Gasteiger partial charge in [0, 0.05) is 12.7 Å². The molecule has 3 N–H and O–H groups in total. The summed E-state index contributed by atoms with van der Waals surface area (Å²) in [5.41, 5.74) is 6.89. The molecule has 0 amide bonds. The van der Waals surface area contributed by atoms with Gasteiger partial charge in [0.15, 0.2) is 0 Å². The fourth-order valence-electron chi connectivity index (χ4n) is 1.64. The molecule has 0 unspecified atom stereocenters. The molecule has 102 valence electrons. The Labute approximate surface area is 111 Å². The van der Waals surface area contributed by atoms with E-state index in [1.54, 1.807) is 23.0 Å². The number of sulfonamides is 1. The van der Waals surface area contributed by atoms with Crippen molar-refractivity contribution in [2.45, 2.75) is 18.4 Å². The SMILES string of the molecule is Cc1ccc(S(=O)(=O)NCCn2ccnn2)c(N)c1. The fourth-order valence-corrected chi connectivity index (χ4v) is 2.77. The molecular weight excluding hydrogens is 266 g/mol. The maximum absolute atomic E-state index is 12.1. The van der Waals surface area contributed by atoms with Gasteiger partial charge < -0.3 is 5.73 Å². The summed E-state index contributed by atoms with van der Waals surface area (Å²) in [4.78, 5) is 0.0942. The third kappa shape index (κ3) is 3.30. The number of hydrogen-bond donors (Lipinski definition) is 2. The minimum Gasteiger partial charge on any atom is -0.398 e. The number of rotatable bonds is 5. The van der Waals surface area contributed by atoms with Gasteiger partial charge in [0.1, 0.15) is 4.90 Å². The summed E-state index contributed by atoms with van der Waals surface area (Å²) in [7, 11) is -3.60. The van der Waals surface area contributed by atoms with Gasteiger partial charge in [-0.2, -0.15) is 0 Å². The Kier molecular flexibility index (Phi) is 3.82. The van der Waals surface area contributed by atoms with Crippen LogP contribution in [0.4, 0.5) is 5.69 Å². The van der Waals surface area contributed by atoms with Crippen molar-refractivity contribution in [2.75, 3.05) is 12.3 Å². The summed E-state index contributed by atoms with van der Waals surface area (Å²) < 4.78 is 28.1. The lowest BCUT2D eigenvalue weighted by Crippen LogP contribution is -2.28. The van der Waals surface area contributed by atoms with E-state index in [0.29, 0.717) is 6.54 Å². The first kappa shape index (κ1) is 13.5. The van der Waals surface area contributed by atoms with Crippen LogP contribution in [0.25, 0.3) is 0 Å². The van der Waals surface area contributed by atoms with Gasteiger partial charge in [-0.25, -0.2) is 13.1 Å². The van der Waals surface area contributed by atoms with Crippen LogP contribution in [0.1, 0.15) is 5.56 Å². The van der Waals surface area contributed by atoms with Crippen LogP contribution in [0, 0.1) is 6.92 Å². The van der Waals surface area contributed by atoms with E-state index in [2.05, 4.69) is 15.0 Å². The Morgan fingerprint density at radius 1 is 1.42 bits per heavy atom. The number of nitrogens with zero attached hydrogens (tertiary/aromatic N) is 3. The minimum absolute atomic E-state index is 0.0942. The zero-order valence-electron chi connectivity index (χ0n) is 10.4. The molecule has 7 nitrogen and oxygen atoms in total. The zero-order valence-corrected chi connectivity index (χ0v) is 11.3. The monoisotopic (exact) mass is 281 g/mol. The molecule has 2 aromatic rings. The Morgan fingerprint density at radius 2 is 2.21 bits per heavy atom. The number of benzene rings is 1. The summed E-state index contributed by atoms with van der Waals surface area (Å²) in [6.07, 6.45) is 3.20. The second kappa shape index (κ2) is 5.37. The third-order valence-corrected chi connectivity index (χ3v) is 4.09. The van der Waals surface area contributed by atoms with Gasteiger partial charge in [0.2, 0.25) is 10.0 Å². The first-order valence-corrected chi connectivity index (χ1v) is 7.17. The van der Waals surface area contributed by atoms with E-state index in [9.17, 15) is 8.42 Å². The summed E-state index contributed by atoms with van der Waals surface area (Å²) in [6, 6.07) is 4.84. The molecule has 0 aliphatic heterocycles. The summed E-state index contributed by atoms with van der Waals surface area (Å²) in [5.74, 6) is 0. The molecule has 2 rings (SSSR count). The van der Waals surface area contributed by atoms with Crippen LogP contribution in [-0.4, -0.2) is 30.0 Å². The van der Waals surface area contributed by atoms with Crippen molar-refractivity contribution in [2.24, 2.45) is 0 Å². The topological polar surface area (TPSA) is 103 Å². The molecule has 0 saturated heterocycles. The van der Waals surface area contributed by atoms with Crippen molar-refractivity contribution in [3.05, 3.63) is 36.2 Å². The highest BCUT2D eigenvalue weighted by Gasteiger charge is 2.16. The van der Waals surface area contributed by atoms with Gasteiger partial charge in [-0.15, -0.1) is 5.10 Å². The number of anilines is 1. The van der Waals surface area contributed by atoms with Crippen LogP contribution in [0.3, 0.4) is 0 Å². The van der Waals surface area contributed by atoms with Crippen molar-refractivity contribution in [3.8, 4) is 0 Å². The normalized spacial score (nSPS) is 11.6. The molecule has 0 radical (unpaired) electrons. The highest BCUT2D eigenvalue weighted by Crippen LogP contribution is 2.18. The lowest BCUT2D eigenvalue weighted by molar-refractivity contribution is 0.553. The lowest BCUT2D eigenvalue weighted by atomic mass is 10.2. The van der Waals surface area contributed by atoms with E-state index in [4.69, 9.17) is 5.73 Å². The summed E-state index contributed by atoms with van der Waals surface area (Å²) in [5, 5.41) is 7.38. The van der Waals surface area contributed by atoms with Gasteiger partial charge in [-0.05, 0) is 24.6 Å².